The van der Waals surface area contributed by atoms with Crippen molar-refractivity contribution in [3.8, 4) is 0 Å². The summed E-state index contributed by atoms with van der Waals surface area (Å²) in [6, 6.07) is 7.65. The van der Waals surface area contributed by atoms with Gasteiger partial charge in [-0.2, -0.15) is 5.10 Å². The third kappa shape index (κ3) is 3.74. The molecule has 1 amide bonds. The van der Waals surface area contributed by atoms with Gasteiger partial charge in [-0.3, -0.25) is 9.48 Å². The van der Waals surface area contributed by atoms with Gasteiger partial charge < -0.3 is 9.64 Å². The summed E-state index contributed by atoms with van der Waals surface area (Å²) in [5.74, 6) is 0.0113. The monoisotopic (exact) mass is 333 g/mol. The Labute approximate surface area is 140 Å². The molecule has 3 rings (SSSR count). The summed E-state index contributed by atoms with van der Waals surface area (Å²) in [6.07, 6.45) is 4.44. The van der Waals surface area contributed by atoms with Crippen molar-refractivity contribution in [3.63, 3.8) is 0 Å². The van der Waals surface area contributed by atoms with E-state index in [1.165, 1.54) is 0 Å². The van der Waals surface area contributed by atoms with Crippen LogP contribution in [0, 0.1) is 0 Å². The normalized spacial score (nSPS) is 18.2. The van der Waals surface area contributed by atoms with E-state index in [0.29, 0.717) is 36.8 Å². The summed E-state index contributed by atoms with van der Waals surface area (Å²) >= 11 is 6.17. The van der Waals surface area contributed by atoms with Gasteiger partial charge in [0, 0.05) is 24.3 Å². The van der Waals surface area contributed by atoms with Gasteiger partial charge in [-0.15, -0.1) is 0 Å². The van der Waals surface area contributed by atoms with Gasteiger partial charge in [0.15, 0.2) is 0 Å². The number of rotatable bonds is 4. The first-order valence-corrected chi connectivity index (χ1v) is 8.22. The van der Waals surface area contributed by atoms with Crippen molar-refractivity contribution in [1.29, 1.82) is 0 Å². The van der Waals surface area contributed by atoms with Crippen LogP contribution in [0.25, 0.3) is 0 Å². The number of hydrogen-bond donors (Lipinski definition) is 0. The SMILES string of the molecule is CC[C@@H]1CN(C(=O)c2cnn(Cc3ccccc3Cl)c2)CCO1. The summed E-state index contributed by atoms with van der Waals surface area (Å²) in [4.78, 5) is 14.4. The maximum atomic E-state index is 12.6. The molecule has 1 aromatic carbocycles. The highest BCUT2D eigenvalue weighted by atomic mass is 35.5. The Morgan fingerprint density at radius 1 is 1.43 bits per heavy atom. The Balaban J connectivity index is 1.69. The summed E-state index contributed by atoms with van der Waals surface area (Å²) < 4.78 is 7.35. The zero-order chi connectivity index (χ0) is 16.2. The number of aromatic nitrogens is 2. The van der Waals surface area contributed by atoms with Gasteiger partial charge in [0.1, 0.15) is 0 Å². The third-order valence-corrected chi connectivity index (χ3v) is 4.42. The van der Waals surface area contributed by atoms with E-state index >= 15 is 0 Å². The third-order valence-electron chi connectivity index (χ3n) is 4.05. The molecule has 6 heteroatoms. The minimum atomic E-state index is 0.0113. The number of hydrogen-bond acceptors (Lipinski definition) is 3. The van der Waals surface area contributed by atoms with Gasteiger partial charge in [-0.25, -0.2) is 0 Å². The number of carbonyl (C=O) groups excluding carboxylic acids is 1. The van der Waals surface area contributed by atoms with E-state index in [-0.39, 0.29) is 12.0 Å². The van der Waals surface area contributed by atoms with Crippen molar-refractivity contribution in [2.45, 2.75) is 26.0 Å². The Morgan fingerprint density at radius 2 is 2.26 bits per heavy atom. The van der Waals surface area contributed by atoms with Crippen molar-refractivity contribution in [3.05, 3.63) is 52.8 Å². The van der Waals surface area contributed by atoms with E-state index in [4.69, 9.17) is 16.3 Å². The number of benzene rings is 1. The molecule has 122 valence electrons. The van der Waals surface area contributed by atoms with Gasteiger partial charge in [-0.05, 0) is 18.1 Å². The zero-order valence-electron chi connectivity index (χ0n) is 13.1. The van der Waals surface area contributed by atoms with Gasteiger partial charge in [0.2, 0.25) is 0 Å². The standard InChI is InChI=1S/C17H20ClN3O2/c1-2-15-12-20(7-8-23-15)17(22)14-9-19-21(11-14)10-13-5-3-4-6-16(13)18/h3-6,9,11,15H,2,7-8,10,12H2,1H3/t15-/m1/s1. The molecule has 2 heterocycles. The second-order valence-electron chi connectivity index (χ2n) is 5.67. The van der Waals surface area contributed by atoms with E-state index in [1.807, 2.05) is 29.2 Å². The molecule has 2 aromatic rings. The van der Waals surface area contributed by atoms with Crippen LogP contribution >= 0.6 is 11.6 Å². The summed E-state index contributed by atoms with van der Waals surface area (Å²) in [5.41, 5.74) is 1.59. The molecule has 0 saturated carbocycles. The largest absolute Gasteiger partial charge is 0.375 e. The topological polar surface area (TPSA) is 47.4 Å². The van der Waals surface area contributed by atoms with Crippen molar-refractivity contribution in [2.24, 2.45) is 0 Å². The lowest BCUT2D eigenvalue weighted by Gasteiger charge is -2.32. The molecule has 0 radical (unpaired) electrons. The fourth-order valence-corrected chi connectivity index (χ4v) is 2.89. The van der Waals surface area contributed by atoms with Crippen LogP contribution in [0.2, 0.25) is 5.02 Å². The van der Waals surface area contributed by atoms with E-state index in [0.717, 1.165) is 12.0 Å². The molecule has 1 aliphatic rings. The van der Waals surface area contributed by atoms with Gasteiger partial charge in [0.05, 0.1) is 31.0 Å². The maximum Gasteiger partial charge on any atom is 0.257 e. The number of amides is 1. The van der Waals surface area contributed by atoms with Crippen LogP contribution in [0.15, 0.2) is 36.7 Å². The molecule has 0 spiro atoms. The molecule has 0 unspecified atom stereocenters. The van der Waals surface area contributed by atoms with Crippen LogP contribution < -0.4 is 0 Å². The molecule has 1 fully saturated rings. The highest BCUT2D eigenvalue weighted by Gasteiger charge is 2.24. The predicted molar refractivity (Wildman–Crippen MR) is 88.7 cm³/mol. The Bertz CT molecular complexity index is 686. The number of halogens is 1. The smallest absolute Gasteiger partial charge is 0.257 e. The molecule has 1 aliphatic heterocycles. The molecule has 1 saturated heterocycles. The van der Waals surface area contributed by atoms with Crippen molar-refractivity contribution in [1.82, 2.24) is 14.7 Å². The zero-order valence-corrected chi connectivity index (χ0v) is 13.9. The van der Waals surface area contributed by atoms with Crippen LogP contribution in [0.5, 0.6) is 0 Å². The van der Waals surface area contributed by atoms with Gasteiger partial charge >= 0.3 is 0 Å². The molecular formula is C17H20ClN3O2. The second kappa shape index (κ2) is 7.15. The maximum absolute atomic E-state index is 12.6. The van der Waals surface area contributed by atoms with Crippen molar-refractivity contribution >= 4 is 17.5 Å². The van der Waals surface area contributed by atoms with E-state index < -0.39 is 0 Å². The molecule has 5 nitrogen and oxygen atoms in total. The summed E-state index contributed by atoms with van der Waals surface area (Å²) in [6.45, 7) is 4.49. The molecule has 0 aliphatic carbocycles. The Kier molecular flexibility index (Phi) is 4.98. The first-order valence-electron chi connectivity index (χ1n) is 7.84. The first kappa shape index (κ1) is 16.0. The number of ether oxygens (including phenoxy) is 1. The summed E-state index contributed by atoms with van der Waals surface area (Å²) in [5, 5.41) is 4.99. The second-order valence-corrected chi connectivity index (χ2v) is 6.08. The van der Waals surface area contributed by atoms with Gasteiger partial charge in [-0.1, -0.05) is 36.7 Å². The molecular weight excluding hydrogens is 314 g/mol. The fraction of sp³-hybridized carbons (Fsp3) is 0.412. The van der Waals surface area contributed by atoms with Crippen LogP contribution in [0.4, 0.5) is 0 Å². The highest BCUT2D eigenvalue weighted by molar-refractivity contribution is 6.31. The lowest BCUT2D eigenvalue weighted by atomic mass is 10.2. The average molecular weight is 334 g/mol. The lowest BCUT2D eigenvalue weighted by Crippen LogP contribution is -2.45. The van der Waals surface area contributed by atoms with E-state index in [9.17, 15) is 4.79 Å². The number of carbonyl (C=O) groups is 1. The van der Waals surface area contributed by atoms with Crippen LogP contribution in [0.1, 0.15) is 29.3 Å². The highest BCUT2D eigenvalue weighted by Crippen LogP contribution is 2.17. The van der Waals surface area contributed by atoms with Crippen LogP contribution in [-0.2, 0) is 11.3 Å². The fourth-order valence-electron chi connectivity index (χ4n) is 2.69. The van der Waals surface area contributed by atoms with Crippen LogP contribution in [0.3, 0.4) is 0 Å². The van der Waals surface area contributed by atoms with Crippen molar-refractivity contribution in [2.75, 3.05) is 19.7 Å². The minimum Gasteiger partial charge on any atom is -0.375 e. The minimum absolute atomic E-state index is 0.0113. The predicted octanol–water partition coefficient (Wildman–Crippen LogP) is 2.84. The molecule has 1 aromatic heterocycles. The Hall–Kier alpha value is -1.85. The van der Waals surface area contributed by atoms with E-state index in [1.54, 1.807) is 17.1 Å². The Morgan fingerprint density at radius 3 is 3.04 bits per heavy atom. The molecule has 0 N–H and O–H groups in total. The number of nitrogens with zero attached hydrogens (tertiary/aromatic N) is 3. The van der Waals surface area contributed by atoms with E-state index in [2.05, 4.69) is 12.0 Å². The number of morpholine rings is 1. The molecule has 1 atom stereocenters. The van der Waals surface area contributed by atoms with Crippen LogP contribution in [-0.4, -0.2) is 46.4 Å². The molecule has 0 bridgehead atoms. The van der Waals surface area contributed by atoms with Crippen molar-refractivity contribution < 1.29 is 9.53 Å². The first-order chi connectivity index (χ1) is 11.2. The molecule has 23 heavy (non-hydrogen) atoms. The average Bonchev–Trinajstić information content (AvgIpc) is 3.05. The quantitative estimate of drug-likeness (QED) is 0.864. The lowest BCUT2D eigenvalue weighted by molar-refractivity contribution is -0.0226. The summed E-state index contributed by atoms with van der Waals surface area (Å²) in [7, 11) is 0. The van der Waals surface area contributed by atoms with Gasteiger partial charge in [0.25, 0.3) is 5.91 Å².